The van der Waals surface area contributed by atoms with Crippen LogP contribution in [0.4, 0.5) is 5.69 Å². The number of aryl methyl sites for hydroxylation is 1. The van der Waals surface area contributed by atoms with Crippen molar-refractivity contribution >= 4 is 34.8 Å². The van der Waals surface area contributed by atoms with Crippen molar-refractivity contribution in [2.24, 2.45) is 0 Å². The van der Waals surface area contributed by atoms with Gasteiger partial charge in [-0.3, -0.25) is 9.59 Å². The van der Waals surface area contributed by atoms with Crippen LogP contribution in [0.15, 0.2) is 65.6 Å². The molecule has 0 radical (unpaired) electrons. The Balaban J connectivity index is 1.87. The number of anilines is 1. The highest BCUT2D eigenvalue weighted by atomic mass is 35.5. The molecule has 1 amide bonds. The Kier molecular flexibility index (Phi) is 5.45. The topological polar surface area (TPSA) is 51.1 Å². The molecule has 0 bridgehead atoms. The molecule has 2 aromatic carbocycles. The number of rotatable bonds is 4. The summed E-state index contributed by atoms with van der Waals surface area (Å²) in [6.07, 6.45) is 1.63. The fraction of sp³-hybridized carbons (Fsp3) is 0.100. The quantitative estimate of drug-likeness (QED) is 0.702. The summed E-state index contributed by atoms with van der Waals surface area (Å²) in [6, 6.07) is 15.6. The smallest absolute Gasteiger partial charge is 0.274 e. The van der Waals surface area contributed by atoms with Gasteiger partial charge >= 0.3 is 0 Å². The predicted molar refractivity (Wildman–Crippen MR) is 105 cm³/mol. The van der Waals surface area contributed by atoms with E-state index in [1.54, 1.807) is 48.7 Å². The number of aromatic nitrogens is 1. The molecule has 26 heavy (non-hydrogen) atoms. The fourth-order valence-electron chi connectivity index (χ4n) is 2.51. The average Bonchev–Trinajstić information content (AvgIpc) is 2.62. The van der Waals surface area contributed by atoms with Crippen LogP contribution in [-0.4, -0.2) is 10.5 Å². The molecule has 1 aromatic heterocycles. The Labute approximate surface area is 161 Å². The lowest BCUT2D eigenvalue weighted by Gasteiger charge is -2.11. The second-order valence-corrected chi connectivity index (χ2v) is 6.69. The van der Waals surface area contributed by atoms with E-state index in [9.17, 15) is 9.59 Å². The number of carbonyl (C=O) groups is 1. The van der Waals surface area contributed by atoms with E-state index >= 15 is 0 Å². The first kappa shape index (κ1) is 18.2. The van der Waals surface area contributed by atoms with E-state index in [1.807, 2.05) is 19.1 Å². The van der Waals surface area contributed by atoms with E-state index < -0.39 is 0 Å². The summed E-state index contributed by atoms with van der Waals surface area (Å²) in [4.78, 5) is 25.0. The molecule has 0 saturated carbocycles. The number of pyridine rings is 1. The first-order valence-corrected chi connectivity index (χ1v) is 8.71. The fourth-order valence-corrected chi connectivity index (χ4v) is 3.03. The standard InChI is InChI=1S/C20H16Cl2N2O2/c1-13-7-9-14(10-8-13)19(25)23-18-6-3-11-24(20(18)26)12-15-16(21)4-2-5-17(15)22/h2-11H,12H2,1H3,(H,23,25). The molecule has 1 heterocycles. The minimum absolute atomic E-state index is 0.196. The molecule has 132 valence electrons. The third-order valence-corrected chi connectivity index (χ3v) is 4.68. The number of nitrogens with one attached hydrogen (secondary N) is 1. The van der Waals surface area contributed by atoms with Gasteiger partial charge < -0.3 is 9.88 Å². The Morgan fingerprint density at radius 3 is 2.31 bits per heavy atom. The van der Waals surface area contributed by atoms with Crippen molar-refractivity contribution in [1.29, 1.82) is 0 Å². The third-order valence-electron chi connectivity index (χ3n) is 3.97. The molecule has 3 aromatic rings. The lowest BCUT2D eigenvalue weighted by molar-refractivity contribution is 0.102. The molecule has 4 nitrogen and oxygen atoms in total. The van der Waals surface area contributed by atoms with Gasteiger partial charge in [-0.15, -0.1) is 0 Å². The lowest BCUT2D eigenvalue weighted by Crippen LogP contribution is -2.26. The van der Waals surface area contributed by atoms with Crippen molar-refractivity contribution in [1.82, 2.24) is 4.57 Å². The molecular formula is C20H16Cl2N2O2. The van der Waals surface area contributed by atoms with Crippen LogP contribution in [0.2, 0.25) is 10.0 Å². The molecule has 0 aliphatic rings. The predicted octanol–water partition coefficient (Wildman–Crippen LogP) is 4.76. The van der Waals surface area contributed by atoms with Gasteiger partial charge in [0.15, 0.2) is 0 Å². The van der Waals surface area contributed by atoms with Crippen LogP contribution in [0, 0.1) is 6.92 Å². The van der Waals surface area contributed by atoms with Crippen molar-refractivity contribution in [2.75, 3.05) is 5.32 Å². The van der Waals surface area contributed by atoms with Crippen molar-refractivity contribution in [3.63, 3.8) is 0 Å². The van der Waals surface area contributed by atoms with Crippen LogP contribution in [-0.2, 0) is 6.54 Å². The summed E-state index contributed by atoms with van der Waals surface area (Å²) in [6.45, 7) is 2.16. The summed E-state index contributed by atoms with van der Waals surface area (Å²) in [7, 11) is 0. The monoisotopic (exact) mass is 386 g/mol. The molecule has 1 N–H and O–H groups in total. The van der Waals surface area contributed by atoms with E-state index in [1.165, 1.54) is 4.57 Å². The van der Waals surface area contributed by atoms with Gasteiger partial charge in [-0.05, 0) is 43.3 Å². The zero-order valence-electron chi connectivity index (χ0n) is 14.0. The Bertz CT molecular complexity index is 991. The zero-order chi connectivity index (χ0) is 18.7. The molecule has 0 aliphatic heterocycles. The average molecular weight is 387 g/mol. The van der Waals surface area contributed by atoms with Gasteiger partial charge in [0.2, 0.25) is 0 Å². The summed E-state index contributed by atoms with van der Waals surface area (Å²) < 4.78 is 1.46. The van der Waals surface area contributed by atoms with Crippen LogP contribution >= 0.6 is 23.2 Å². The van der Waals surface area contributed by atoms with Crippen LogP contribution < -0.4 is 10.9 Å². The van der Waals surface area contributed by atoms with E-state index in [2.05, 4.69) is 5.32 Å². The van der Waals surface area contributed by atoms with Gasteiger partial charge in [0.1, 0.15) is 5.69 Å². The maximum absolute atomic E-state index is 12.7. The number of nitrogens with zero attached hydrogens (tertiary/aromatic N) is 1. The number of hydrogen-bond donors (Lipinski definition) is 1. The first-order valence-electron chi connectivity index (χ1n) is 7.96. The Morgan fingerprint density at radius 2 is 1.65 bits per heavy atom. The zero-order valence-corrected chi connectivity index (χ0v) is 15.5. The second-order valence-electron chi connectivity index (χ2n) is 5.88. The summed E-state index contributed by atoms with van der Waals surface area (Å²) in [5, 5.41) is 3.63. The number of benzene rings is 2. The van der Waals surface area contributed by atoms with Gasteiger partial charge in [-0.2, -0.15) is 0 Å². The minimum Gasteiger partial charge on any atom is -0.317 e. The number of hydrogen-bond acceptors (Lipinski definition) is 2. The summed E-state index contributed by atoms with van der Waals surface area (Å²) in [5.74, 6) is -0.337. The van der Waals surface area contributed by atoms with Crippen molar-refractivity contribution in [2.45, 2.75) is 13.5 Å². The molecular weight excluding hydrogens is 371 g/mol. The highest BCUT2D eigenvalue weighted by Crippen LogP contribution is 2.24. The van der Waals surface area contributed by atoms with Crippen LogP contribution in [0.25, 0.3) is 0 Å². The van der Waals surface area contributed by atoms with Gasteiger partial charge in [0.25, 0.3) is 11.5 Å². The molecule has 6 heteroatoms. The first-order chi connectivity index (χ1) is 12.5. The third kappa shape index (κ3) is 3.98. The molecule has 0 unspecified atom stereocenters. The Hall–Kier alpha value is -2.56. The summed E-state index contributed by atoms with van der Waals surface area (Å²) in [5.41, 5.74) is 2.06. The van der Waals surface area contributed by atoms with Gasteiger partial charge in [0.05, 0.1) is 6.54 Å². The minimum atomic E-state index is -0.337. The van der Waals surface area contributed by atoms with Crippen molar-refractivity contribution in [3.8, 4) is 0 Å². The second kappa shape index (κ2) is 7.77. The van der Waals surface area contributed by atoms with Crippen LogP contribution in [0.5, 0.6) is 0 Å². The van der Waals surface area contributed by atoms with Crippen LogP contribution in [0.1, 0.15) is 21.5 Å². The SMILES string of the molecule is Cc1ccc(C(=O)Nc2cccn(Cc3c(Cl)cccc3Cl)c2=O)cc1. The number of halogens is 2. The van der Waals surface area contributed by atoms with E-state index in [0.717, 1.165) is 5.56 Å². The molecule has 0 atom stereocenters. The maximum Gasteiger partial charge on any atom is 0.274 e. The molecule has 0 aliphatic carbocycles. The normalized spacial score (nSPS) is 10.6. The van der Waals surface area contributed by atoms with E-state index in [-0.39, 0.29) is 23.7 Å². The highest BCUT2D eigenvalue weighted by Gasteiger charge is 2.12. The van der Waals surface area contributed by atoms with E-state index in [0.29, 0.717) is 21.2 Å². The molecule has 0 fully saturated rings. The number of carbonyl (C=O) groups excluding carboxylic acids is 1. The largest absolute Gasteiger partial charge is 0.317 e. The van der Waals surface area contributed by atoms with E-state index in [4.69, 9.17) is 23.2 Å². The maximum atomic E-state index is 12.7. The number of amides is 1. The van der Waals surface area contributed by atoms with Crippen molar-refractivity contribution in [3.05, 3.63) is 97.9 Å². The van der Waals surface area contributed by atoms with Crippen LogP contribution in [0.3, 0.4) is 0 Å². The molecule has 3 rings (SSSR count). The molecule has 0 saturated heterocycles. The van der Waals surface area contributed by atoms with Crippen molar-refractivity contribution < 1.29 is 4.79 Å². The van der Waals surface area contributed by atoms with Gasteiger partial charge in [-0.1, -0.05) is 47.0 Å². The Morgan fingerprint density at radius 1 is 1.00 bits per heavy atom. The lowest BCUT2D eigenvalue weighted by atomic mass is 10.1. The molecule has 0 spiro atoms. The van der Waals surface area contributed by atoms with Gasteiger partial charge in [0, 0.05) is 27.4 Å². The highest BCUT2D eigenvalue weighted by molar-refractivity contribution is 6.35. The summed E-state index contributed by atoms with van der Waals surface area (Å²) >= 11 is 12.4. The van der Waals surface area contributed by atoms with Gasteiger partial charge in [-0.25, -0.2) is 0 Å².